The molecule has 0 radical (unpaired) electrons. The van der Waals surface area contributed by atoms with E-state index in [0.29, 0.717) is 13.2 Å². The zero-order chi connectivity index (χ0) is 15.8. The minimum absolute atomic E-state index is 0. The van der Waals surface area contributed by atoms with Gasteiger partial charge in [-0.05, 0) is 45.0 Å². The van der Waals surface area contributed by atoms with Crippen LogP contribution in [-0.2, 0) is 9.53 Å². The summed E-state index contributed by atoms with van der Waals surface area (Å²) >= 11 is 0. The molecule has 1 atom stereocenters. The van der Waals surface area contributed by atoms with Crippen LogP contribution in [0, 0.1) is 5.41 Å². The van der Waals surface area contributed by atoms with E-state index in [1.807, 2.05) is 37.3 Å². The molecular weight excluding hydrogens is 316 g/mol. The maximum atomic E-state index is 12.6. The fourth-order valence-electron chi connectivity index (χ4n) is 2.82. The quantitative estimate of drug-likeness (QED) is 0.795. The number of halogens is 1. The number of hydrogen-bond donors (Lipinski definition) is 2. The summed E-state index contributed by atoms with van der Waals surface area (Å²) in [6.07, 6.45) is 1.54. The van der Waals surface area contributed by atoms with E-state index in [0.717, 1.165) is 31.7 Å². The molecule has 1 aliphatic heterocycles. The van der Waals surface area contributed by atoms with Gasteiger partial charge in [-0.2, -0.15) is 0 Å². The molecule has 6 heteroatoms. The van der Waals surface area contributed by atoms with Crippen molar-refractivity contribution in [3.8, 4) is 5.75 Å². The number of methoxy groups -OCH3 is 1. The van der Waals surface area contributed by atoms with Gasteiger partial charge in [0, 0.05) is 7.11 Å². The van der Waals surface area contributed by atoms with Crippen molar-refractivity contribution in [3.63, 3.8) is 0 Å². The van der Waals surface area contributed by atoms with Crippen LogP contribution in [0.4, 0.5) is 0 Å². The molecule has 0 spiro atoms. The van der Waals surface area contributed by atoms with Crippen molar-refractivity contribution < 1.29 is 14.3 Å². The smallest absolute Gasteiger partial charge is 0.228 e. The zero-order valence-corrected chi connectivity index (χ0v) is 14.7. The Kier molecular flexibility index (Phi) is 8.37. The number of benzene rings is 1. The molecule has 1 aromatic rings. The molecule has 1 unspecified atom stereocenters. The number of carbonyl (C=O) groups is 1. The number of para-hydroxylation sites is 1. The second-order valence-electron chi connectivity index (χ2n) is 5.91. The summed E-state index contributed by atoms with van der Waals surface area (Å²) in [5, 5.41) is 6.32. The molecule has 1 fully saturated rings. The lowest BCUT2D eigenvalue weighted by Gasteiger charge is -2.35. The predicted octanol–water partition coefficient (Wildman–Crippen LogP) is 2.01. The maximum Gasteiger partial charge on any atom is 0.228 e. The molecule has 0 aliphatic carbocycles. The Morgan fingerprint density at radius 3 is 2.57 bits per heavy atom. The summed E-state index contributed by atoms with van der Waals surface area (Å²) in [7, 11) is 1.65. The highest BCUT2D eigenvalue weighted by atomic mass is 35.5. The molecule has 0 aromatic heterocycles. The van der Waals surface area contributed by atoms with Gasteiger partial charge in [0.25, 0.3) is 0 Å². The second kappa shape index (κ2) is 9.75. The summed E-state index contributed by atoms with van der Waals surface area (Å²) in [5.41, 5.74) is -0.410. The van der Waals surface area contributed by atoms with E-state index in [1.54, 1.807) is 7.11 Å². The van der Waals surface area contributed by atoms with Crippen molar-refractivity contribution in [1.29, 1.82) is 0 Å². The van der Waals surface area contributed by atoms with Gasteiger partial charge in [-0.1, -0.05) is 18.2 Å². The van der Waals surface area contributed by atoms with Crippen LogP contribution in [0.5, 0.6) is 5.75 Å². The van der Waals surface area contributed by atoms with Crippen LogP contribution < -0.4 is 15.4 Å². The van der Waals surface area contributed by atoms with Crippen LogP contribution in [0.3, 0.4) is 0 Å². The van der Waals surface area contributed by atoms with Gasteiger partial charge >= 0.3 is 0 Å². The Balaban J connectivity index is 0.00000264. The van der Waals surface area contributed by atoms with Crippen molar-refractivity contribution in [3.05, 3.63) is 30.3 Å². The Morgan fingerprint density at radius 2 is 1.96 bits per heavy atom. The summed E-state index contributed by atoms with van der Waals surface area (Å²) in [5.74, 6) is 0.886. The average Bonchev–Trinajstić information content (AvgIpc) is 2.54. The average molecular weight is 343 g/mol. The summed E-state index contributed by atoms with van der Waals surface area (Å²) in [6, 6.07) is 9.65. The maximum absolute atomic E-state index is 12.6. The number of rotatable bonds is 7. The van der Waals surface area contributed by atoms with Gasteiger partial charge < -0.3 is 20.1 Å². The zero-order valence-electron chi connectivity index (χ0n) is 13.8. The van der Waals surface area contributed by atoms with Gasteiger partial charge in [-0.15, -0.1) is 12.4 Å². The van der Waals surface area contributed by atoms with Crippen LogP contribution in [0.1, 0.15) is 19.8 Å². The van der Waals surface area contributed by atoms with Crippen LogP contribution in [-0.4, -0.2) is 45.4 Å². The van der Waals surface area contributed by atoms with E-state index in [9.17, 15) is 4.79 Å². The van der Waals surface area contributed by atoms with Gasteiger partial charge in [0.1, 0.15) is 11.9 Å². The van der Waals surface area contributed by atoms with Gasteiger partial charge in [0.15, 0.2) is 0 Å². The summed E-state index contributed by atoms with van der Waals surface area (Å²) < 4.78 is 11.1. The number of nitrogens with one attached hydrogen (secondary N) is 2. The Morgan fingerprint density at radius 1 is 1.30 bits per heavy atom. The largest absolute Gasteiger partial charge is 0.489 e. The standard InChI is InChI=1S/C17H26N2O3.ClH/c1-14(22-15-6-4-3-5-7-15)12-19-16(20)17(13-21-2)8-10-18-11-9-17;/h3-7,14,18H,8-13H2,1-2H3,(H,19,20);1H. The molecule has 1 heterocycles. The molecule has 1 aromatic carbocycles. The first-order valence-electron chi connectivity index (χ1n) is 7.86. The Bertz CT molecular complexity index is 459. The molecular formula is C17H27ClN2O3. The molecule has 5 nitrogen and oxygen atoms in total. The molecule has 2 N–H and O–H groups in total. The number of ether oxygens (including phenoxy) is 2. The number of carbonyl (C=O) groups excluding carboxylic acids is 1. The Hall–Kier alpha value is -1.30. The van der Waals surface area contributed by atoms with E-state index in [-0.39, 0.29) is 24.4 Å². The minimum atomic E-state index is -0.410. The Labute approximate surface area is 144 Å². The van der Waals surface area contributed by atoms with Gasteiger partial charge in [0.05, 0.1) is 18.6 Å². The summed E-state index contributed by atoms with van der Waals surface area (Å²) in [6.45, 7) is 4.62. The number of hydrogen-bond acceptors (Lipinski definition) is 4. The highest BCUT2D eigenvalue weighted by molar-refractivity contribution is 5.85. The fraction of sp³-hybridized carbons (Fsp3) is 0.588. The fourth-order valence-corrected chi connectivity index (χ4v) is 2.82. The summed E-state index contributed by atoms with van der Waals surface area (Å²) in [4.78, 5) is 12.6. The third kappa shape index (κ3) is 5.68. The second-order valence-corrected chi connectivity index (χ2v) is 5.91. The van der Waals surface area contributed by atoms with E-state index < -0.39 is 5.41 Å². The highest BCUT2D eigenvalue weighted by Gasteiger charge is 2.39. The van der Waals surface area contributed by atoms with Gasteiger partial charge in [0.2, 0.25) is 5.91 Å². The molecule has 2 rings (SSSR count). The van der Waals surface area contributed by atoms with Crippen LogP contribution in [0.25, 0.3) is 0 Å². The number of piperidine rings is 1. The lowest BCUT2D eigenvalue weighted by Crippen LogP contribution is -2.51. The topological polar surface area (TPSA) is 59.6 Å². The first-order valence-corrected chi connectivity index (χ1v) is 7.86. The molecule has 0 bridgehead atoms. The van der Waals surface area contributed by atoms with Gasteiger partial charge in [-0.3, -0.25) is 4.79 Å². The van der Waals surface area contributed by atoms with E-state index in [2.05, 4.69) is 10.6 Å². The first-order chi connectivity index (χ1) is 10.7. The normalized spacial score (nSPS) is 17.7. The number of amides is 1. The third-order valence-corrected chi connectivity index (χ3v) is 4.09. The lowest BCUT2D eigenvalue weighted by molar-refractivity contribution is -0.136. The SMILES string of the molecule is COCC1(C(=O)NCC(C)Oc2ccccc2)CCNCC1.Cl. The molecule has 1 amide bonds. The lowest BCUT2D eigenvalue weighted by atomic mass is 9.78. The van der Waals surface area contributed by atoms with E-state index in [1.165, 1.54) is 0 Å². The third-order valence-electron chi connectivity index (χ3n) is 4.09. The molecule has 130 valence electrons. The van der Waals surface area contributed by atoms with Crippen molar-refractivity contribution in [2.75, 3.05) is 33.4 Å². The van der Waals surface area contributed by atoms with Crippen molar-refractivity contribution in [1.82, 2.24) is 10.6 Å². The predicted molar refractivity (Wildman–Crippen MR) is 93.2 cm³/mol. The molecule has 0 saturated carbocycles. The van der Waals surface area contributed by atoms with E-state index in [4.69, 9.17) is 9.47 Å². The van der Waals surface area contributed by atoms with Crippen LogP contribution >= 0.6 is 12.4 Å². The van der Waals surface area contributed by atoms with Gasteiger partial charge in [-0.25, -0.2) is 0 Å². The van der Waals surface area contributed by atoms with E-state index >= 15 is 0 Å². The molecule has 23 heavy (non-hydrogen) atoms. The van der Waals surface area contributed by atoms with Crippen molar-refractivity contribution >= 4 is 18.3 Å². The van der Waals surface area contributed by atoms with Crippen LogP contribution in [0.2, 0.25) is 0 Å². The first kappa shape index (κ1) is 19.7. The van der Waals surface area contributed by atoms with Crippen molar-refractivity contribution in [2.45, 2.75) is 25.9 Å². The minimum Gasteiger partial charge on any atom is -0.489 e. The van der Waals surface area contributed by atoms with Crippen LogP contribution in [0.15, 0.2) is 30.3 Å². The van der Waals surface area contributed by atoms with Crippen molar-refractivity contribution in [2.24, 2.45) is 5.41 Å². The molecule has 1 saturated heterocycles. The molecule has 1 aliphatic rings. The highest BCUT2D eigenvalue weighted by Crippen LogP contribution is 2.29. The monoisotopic (exact) mass is 342 g/mol.